The Morgan fingerprint density at radius 3 is 2.67 bits per heavy atom. The van der Waals surface area contributed by atoms with Crippen molar-refractivity contribution in [1.29, 1.82) is 0 Å². The number of hydrogen-bond donors (Lipinski definition) is 2. The van der Waals surface area contributed by atoms with Crippen LogP contribution in [0.5, 0.6) is 5.75 Å². The Hall–Kier alpha value is -1.63. The number of benzene rings is 1. The second kappa shape index (κ2) is 5.81. The van der Waals surface area contributed by atoms with Crippen LogP contribution < -0.4 is 5.73 Å². The summed E-state index contributed by atoms with van der Waals surface area (Å²) >= 11 is 1.42. The molecular weight excluding hydrogens is 276 g/mol. The predicted molar refractivity (Wildman–Crippen MR) is 72.4 cm³/mol. The molecule has 0 aliphatic heterocycles. The number of phenols is 1. The Balaban J connectivity index is 0.00000162. The molecule has 3 N–H and O–H groups in total. The standard InChI is InChI=1S/C11H10N2O3S.ClH/c12-11(10-2-1-5-17-10)8-6-7(14)3-4-9(8)13(15)16;/h1-6,11,14H,12H2;1H/t11-;/m0./s1. The number of rotatable bonds is 3. The molecule has 0 saturated heterocycles. The number of nitro groups is 1. The van der Waals surface area contributed by atoms with Crippen LogP contribution in [0.2, 0.25) is 0 Å². The van der Waals surface area contributed by atoms with E-state index in [1.807, 2.05) is 17.5 Å². The van der Waals surface area contributed by atoms with E-state index < -0.39 is 11.0 Å². The van der Waals surface area contributed by atoms with Gasteiger partial charge in [-0.05, 0) is 23.6 Å². The first-order chi connectivity index (χ1) is 8.09. The third-order valence-corrected chi connectivity index (χ3v) is 3.35. The maximum atomic E-state index is 10.9. The van der Waals surface area contributed by atoms with E-state index in [0.29, 0.717) is 5.56 Å². The van der Waals surface area contributed by atoms with Gasteiger partial charge in [0.25, 0.3) is 5.69 Å². The van der Waals surface area contributed by atoms with Crippen LogP contribution in [0.15, 0.2) is 35.7 Å². The lowest BCUT2D eigenvalue weighted by Gasteiger charge is -2.10. The highest BCUT2D eigenvalue weighted by Crippen LogP contribution is 2.32. The summed E-state index contributed by atoms with van der Waals surface area (Å²) in [5.41, 5.74) is 6.20. The number of aromatic hydroxyl groups is 1. The summed E-state index contributed by atoms with van der Waals surface area (Å²) in [6, 6.07) is 6.92. The van der Waals surface area contributed by atoms with Crippen LogP contribution in [-0.4, -0.2) is 10.0 Å². The zero-order valence-electron chi connectivity index (χ0n) is 9.15. The molecule has 2 rings (SSSR count). The Morgan fingerprint density at radius 2 is 2.11 bits per heavy atom. The van der Waals surface area contributed by atoms with Gasteiger partial charge in [0.1, 0.15) is 5.75 Å². The van der Waals surface area contributed by atoms with Crippen molar-refractivity contribution in [2.24, 2.45) is 5.73 Å². The lowest BCUT2D eigenvalue weighted by Crippen LogP contribution is -2.12. The minimum absolute atomic E-state index is 0. The van der Waals surface area contributed by atoms with Crippen molar-refractivity contribution >= 4 is 29.4 Å². The quantitative estimate of drug-likeness (QED) is 0.670. The van der Waals surface area contributed by atoms with Gasteiger partial charge < -0.3 is 10.8 Å². The van der Waals surface area contributed by atoms with E-state index in [4.69, 9.17) is 5.73 Å². The number of hydrogen-bond acceptors (Lipinski definition) is 5. The fourth-order valence-corrected chi connectivity index (χ4v) is 2.32. The highest BCUT2D eigenvalue weighted by atomic mass is 35.5. The summed E-state index contributed by atoms with van der Waals surface area (Å²) in [5.74, 6) is -0.0300. The van der Waals surface area contributed by atoms with E-state index >= 15 is 0 Å². The van der Waals surface area contributed by atoms with Crippen molar-refractivity contribution in [3.63, 3.8) is 0 Å². The monoisotopic (exact) mass is 286 g/mol. The minimum atomic E-state index is -0.595. The van der Waals surface area contributed by atoms with Crippen LogP contribution in [0.1, 0.15) is 16.5 Å². The second-order valence-corrected chi connectivity index (χ2v) is 4.47. The molecule has 0 fully saturated rings. The average molecular weight is 287 g/mol. The number of nitrogens with zero attached hydrogens (tertiary/aromatic N) is 1. The third kappa shape index (κ3) is 2.79. The molecule has 96 valence electrons. The van der Waals surface area contributed by atoms with Gasteiger partial charge in [0.05, 0.1) is 16.5 Å². The van der Waals surface area contributed by atoms with Crippen molar-refractivity contribution in [2.45, 2.75) is 6.04 Å². The molecule has 7 heteroatoms. The number of nitrogens with two attached hydrogens (primary N) is 1. The summed E-state index contributed by atoms with van der Waals surface area (Å²) in [7, 11) is 0. The molecule has 1 aromatic carbocycles. The van der Waals surface area contributed by atoms with E-state index in [0.717, 1.165) is 4.88 Å². The van der Waals surface area contributed by atoms with Crippen LogP contribution >= 0.6 is 23.7 Å². The molecule has 18 heavy (non-hydrogen) atoms. The topological polar surface area (TPSA) is 89.4 Å². The fourth-order valence-electron chi connectivity index (χ4n) is 1.58. The number of thiophene rings is 1. The minimum Gasteiger partial charge on any atom is -0.508 e. The van der Waals surface area contributed by atoms with Gasteiger partial charge in [0.2, 0.25) is 0 Å². The van der Waals surface area contributed by atoms with Crippen molar-refractivity contribution in [3.05, 3.63) is 56.3 Å². The van der Waals surface area contributed by atoms with Gasteiger partial charge in [-0.25, -0.2) is 0 Å². The molecule has 0 amide bonds. The van der Waals surface area contributed by atoms with Gasteiger partial charge in [-0.1, -0.05) is 6.07 Å². The van der Waals surface area contributed by atoms with Gasteiger partial charge in [-0.2, -0.15) is 0 Å². The smallest absolute Gasteiger partial charge is 0.274 e. The van der Waals surface area contributed by atoms with Gasteiger partial charge in [-0.15, -0.1) is 23.7 Å². The number of halogens is 1. The SMILES string of the molecule is Cl.N[C@H](c1cccs1)c1cc(O)ccc1[N+](=O)[O-]. The molecule has 2 aromatic rings. The first kappa shape index (κ1) is 14.4. The normalized spacial score (nSPS) is 11.6. The maximum absolute atomic E-state index is 10.9. The summed E-state index contributed by atoms with van der Waals surface area (Å²) in [4.78, 5) is 11.2. The average Bonchev–Trinajstić information content (AvgIpc) is 2.80. The van der Waals surface area contributed by atoms with Crippen LogP contribution in [0, 0.1) is 10.1 Å². The molecule has 0 saturated carbocycles. The van der Waals surface area contributed by atoms with Gasteiger partial charge in [-0.3, -0.25) is 10.1 Å². The summed E-state index contributed by atoms with van der Waals surface area (Å²) < 4.78 is 0. The van der Waals surface area contributed by atoms with Crippen molar-refractivity contribution in [2.75, 3.05) is 0 Å². The van der Waals surface area contributed by atoms with Gasteiger partial charge in [0.15, 0.2) is 0 Å². The van der Waals surface area contributed by atoms with E-state index in [2.05, 4.69) is 0 Å². The summed E-state index contributed by atoms with van der Waals surface area (Å²) in [6.45, 7) is 0. The molecule has 1 heterocycles. The van der Waals surface area contributed by atoms with E-state index in [9.17, 15) is 15.2 Å². The Kier molecular flexibility index (Phi) is 4.66. The van der Waals surface area contributed by atoms with Gasteiger partial charge >= 0.3 is 0 Å². The van der Waals surface area contributed by atoms with Crippen LogP contribution in [0.4, 0.5) is 5.69 Å². The molecule has 1 aromatic heterocycles. The molecule has 0 radical (unpaired) electrons. The molecule has 0 unspecified atom stereocenters. The maximum Gasteiger partial charge on any atom is 0.274 e. The Labute approximate surface area is 113 Å². The second-order valence-electron chi connectivity index (χ2n) is 3.49. The Bertz CT molecular complexity index is 545. The molecule has 0 bridgehead atoms. The third-order valence-electron chi connectivity index (χ3n) is 2.39. The van der Waals surface area contributed by atoms with Crippen molar-refractivity contribution in [3.8, 4) is 5.75 Å². The molecule has 0 spiro atoms. The zero-order valence-corrected chi connectivity index (χ0v) is 10.8. The molecular formula is C11H11ClN2O3S. The van der Waals surface area contributed by atoms with Crippen LogP contribution in [0.3, 0.4) is 0 Å². The van der Waals surface area contributed by atoms with E-state index in [-0.39, 0.29) is 23.8 Å². The first-order valence-electron chi connectivity index (χ1n) is 4.86. The summed E-state index contributed by atoms with van der Waals surface area (Å²) in [5, 5.41) is 22.1. The van der Waals surface area contributed by atoms with Crippen molar-refractivity contribution < 1.29 is 10.0 Å². The molecule has 0 aliphatic carbocycles. The molecule has 1 atom stereocenters. The van der Waals surface area contributed by atoms with Crippen molar-refractivity contribution in [1.82, 2.24) is 0 Å². The highest BCUT2D eigenvalue weighted by molar-refractivity contribution is 7.10. The van der Waals surface area contributed by atoms with Gasteiger partial charge in [0, 0.05) is 10.9 Å². The van der Waals surface area contributed by atoms with Crippen LogP contribution in [-0.2, 0) is 0 Å². The van der Waals surface area contributed by atoms with E-state index in [1.165, 1.54) is 29.5 Å². The first-order valence-corrected chi connectivity index (χ1v) is 5.74. The molecule has 5 nitrogen and oxygen atoms in total. The largest absolute Gasteiger partial charge is 0.508 e. The lowest BCUT2D eigenvalue weighted by molar-refractivity contribution is -0.385. The zero-order chi connectivity index (χ0) is 12.4. The summed E-state index contributed by atoms with van der Waals surface area (Å²) in [6.07, 6.45) is 0. The predicted octanol–water partition coefficient (Wildman–Crippen LogP) is 2.83. The Morgan fingerprint density at radius 1 is 1.39 bits per heavy atom. The number of nitro benzene ring substituents is 1. The molecule has 0 aliphatic rings. The van der Waals surface area contributed by atoms with E-state index in [1.54, 1.807) is 0 Å². The highest BCUT2D eigenvalue weighted by Gasteiger charge is 2.21. The number of phenolic OH excluding ortho intramolecular Hbond substituents is 1. The fraction of sp³-hybridized carbons (Fsp3) is 0.0909. The lowest BCUT2D eigenvalue weighted by atomic mass is 10.0. The van der Waals surface area contributed by atoms with Crippen LogP contribution in [0.25, 0.3) is 0 Å².